The van der Waals surface area contributed by atoms with Gasteiger partial charge in [-0.25, -0.2) is 0 Å². The van der Waals surface area contributed by atoms with Gasteiger partial charge in [-0.3, -0.25) is 9.59 Å². The van der Waals surface area contributed by atoms with Crippen LogP contribution in [0.5, 0.6) is 11.9 Å². The molecule has 1 amide bonds. The summed E-state index contributed by atoms with van der Waals surface area (Å²) in [4.78, 5) is 34.6. The van der Waals surface area contributed by atoms with Gasteiger partial charge in [0.05, 0.1) is 13.2 Å². The van der Waals surface area contributed by atoms with E-state index in [0.29, 0.717) is 25.0 Å². The predicted octanol–water partition coefficient (Wildman–Crippen LogP) is 3.65. The number of amides is 1. The van der Waals surface area contributed by atoms with Gasteiger partial charge in [-0.15, -0.1) is 0 Å². The molecule has 3 heterocycles. The molecule has 1 aliphatic carbocycles. The van der Waals surface area contributed by atoms with Crippen LogP contribution in [0.2, 0.25) is 0 Å². The van der Waals surface area contributed by atoms with E-state index in [1.807, 2.05) is 12.1 Å². The molecule has 1 unspecified atom stereocenters. The molecule has 0 spiro atoms. The molecule has 10 heteroatoms. The molecular weight excluding hydrogens is 476 g/mol. The summed E-state index contributed by atoms with van der Waals surface area (Å²) >= 11 is 0. The van der Waals surface area contributed by atoms with E-state index in [1.54, 1.807) is 4.90 Å². The van der Waals surface area contributed by atoms with Crippen LogP contribution in [0.3, 0.4) is 0 Å². The zero-order chi connectivity index (χ0) is 25.8. The number of nitrogen functional groups attached to an aromatic ring is 1. The van der Waals surface area contributed by atoms with Crippen molar-refractivity contribution < 1.29 is 28.9 Å². The Morgan fingerprint density at radius 2 is 1.86 bits per heavy atom. The molecule has 2 aromatic rings. The number of carboxylic acids is 1. The predicted molar refractivity (Wildman–Crippen MR) is 136 cm³/mol. The molecule has 3 N–H and O–H groups in total. The van der Waals surface area contributed by atoms with Crippen LogP contribution in [-0.2, 0) is 9.53 Å². The summed E-state index contributed by atoms with van der Waals surface area (Å²) in [6, 6.07) is 8.12. The number of benzene rings is 1. The van der Waals surface area contributed by atoms with Gasteiger partial charge in [-0.05, 0) is 74.0 Å². The Morgan fingerprint density at radius 3 is 2.57 bits per heavy atom. The van der Waals surface area contributed by atoms with Crippen LogP contribution in [0, 0.1) is 11.8 Å². The monoisotopic (exact) mass is 510 g/mol. The second-order valence-electron chi connectivity index (χ2n) is 10.2. The highest BCUT2D eigenvalue weighted by atomic mass is 16.5. The Bertz CT molecular complexity index is 1110. The second kappa shape index (κ2) is 11.3. The van der Waals surface area contributed by atoms with Crippen LogP contribution < -0.4 is 20.1 Å². The zero-order valence-electron chi connectivity index (χ0n) is 20.9. The molecule has 0 bridgehead atoms. The number of hydrogen-bond acceptors (Lipinski definition) is 8. The number of carbonyl (C=O) groups is 2. The highest BCUT2D eigenvalue weighted by molar-refractivity contribution is 6.10. The lowest BCUT2D eigenvalue weighted by atomic mass is 9.77. The topological polar surface area (TPSA) is 137 Å². The number of nitrogens with zero attached hydrogens (tertiary/aromatic N) is 3. The van der Waals surface area contributed by atoms with Crippen molar-refractivity contribution in [1.82, 2.24) is 9.97 Å². The third kappa shape index (κ3) is 5.95. The smallest absolute Gasteiger partial charge is 0.321 e. The van der Waals surface area contributed by atoms with Gasteiger partial charge in [0.1, 0.15) is 18.0 Å². The van der Waals surface area contributed by atoms with Gasteiger partial charge in [-0.1, -0.05) is 12.1 Å². The van der Waals surface area contributed by atoms with Gasteiger partial charge in [0.15, 0.2) is 0 Å². The highest BCUT2D eigenvalue weighted by Crippen LogP contribution is 2.38. The number of ether oxygens (including phenoxy) is 3. The minimum Gasteiger partial charge on any atom is -0.481 e. The fourth-order valence-corrected chi connectivity index (χ4v) is 5.52. The van der Waals surface area contributed by atoms with Gasteiger partial charge < -0.3 is 30.0 Å². The molecule has 3 aliphatic rings. The average molecular weight is 511 g/mol. The lowest BCUT2D eigenvalue weighted by Crippen LogP contribution is -2.32. The molecule has 10 nitrogen and oxygen atoms in total. The number of fused-ring (bicyclic) bond motifs is 1. The number of nitrogens with two attached hydrogens (primary N) is 1. The summed E-state index contributed by atoms with van der Waals surface area (Å²) in [5.41, 5.74) is 8.30. The maximum atomic E-state index is 13.5. The number of rotatable bonds is 8. The Balaban J connectivity index is 1.24. The molecule has 1 saturated heterocycles. The number of aliphatic carboxylic acids is 1. The van der Waals surface area contributed by atoms with Crippen molar-refractivity contribution >= 4 is 23.4 Å². The molecule has 5 rings (SSSR count). The van der Waals surface area contributed by atoms with E-state index < -0.39 is 5.97 Å². The largest absolute Gasteiger partial charge is 0.481 e. The second-order valence-corrected chi connectivity index (χ2v) is 10.2. The fraction of sp³-hybridized carbons (Fsp3) is 0.556. The number of carboxylic acid groups (broad SMARTS) is 1. The minimum absolute atomic E-state index is 0.0378. The van der Waals surface area contributed by atoms with Crippen LogP contribution in [0.1, 0.15) is 66.8 Å². The molecule has 1 aromatic heterocycles. The SMILES string of the molecule is Nc1nc(OCCC2CCOC2)nc2c1C(=O)N(c1ccc(C3CCC(CC(=O)O)CC3)cc1)CCO2. The number of carbonyl (C=O) groups excluding carboxylic acids is 1. The van der Waals surface area contributed by atoms with Crippen LogP contribution >= 0.6 is 0 Å². The van der Waals surface area contributed by atoms with Crippen LogP contribution in [-0.4, -0.2) is 59.9 Å². The van der Waals surface area contributed by atoms with E-state index >= 15 is 0 Å². The van der Waals surface area contributed by atoms with E-state index in [0.717, 1.165) is 57.4 Å². The maximum absolute atomic E-state index is 13.5. The first kappa shape index (κ1) is 25.3. The van der Waals surface area contributed by atoms with E-state index in [2.05, 4.69) is 22.1 Å². The van der Waals surface area contributed by atoms with E-state index in [9.17, 15) is 9.59 Å². The first-order valence-electron chi connectivity index (χ1n) is 13.1. The molecule has 1 saturated carbocycles. The summed E-state index contributed by atoms with van der Waals surface area (Å²) in [6.07, 6.45) is 5.94. The summed E-state index contributed by atoms with van der Waals surface area (Å²) in [7, 11) is 0. The summed E-state index contributed by atoms with van der Waals surface area (Å²) in [5, 5.41) is 9.04. The van der Waals surface area contributed by atoms with E-state index in [-0.39, 0.29) is 48.1 Å². The minimum atomic E-state index is -0.717. The molecule has 2 fully saturated rings. The lowest BCUT2D eigenvalue weighted by Gasteiger charge is -2.28. The molecule has 37 heavy (non-hydrogen) atoms. The van der Waals surface area contributed by atoms with Crippen LogP contribution in [0.15, 0.2) is 24.3 Å². The maximum Gasteiger partial charge on any atom is 0.321 e. The molecular formula is C27H34N4O6. The van der Waals surface area contributed by atoms with Gasteiger partial charge in [0.25, 0.3) is 5.91 Å². The van der Waals surface area contributed by atoms with Crippen molar-refractivity contribution in [3.8, 4) is 11.9 Å². The van der Waals surface area contributed by atoms with Crippen LogP contribution in [0.25, 0.3) is 0 Å². The van der Waals surface area contributed by atoms with Crippen molar-refractivity contribution in [2.24, 2.45) is 11.8 Å². The Hall–Kier alpha value is -3.40. The Morgan fingerprint density at radius 1 is 1.08 bits per heavy atom. The van der Waals surface area contributed by atoms with Gasteiger partial charge >= 0.3 is 12.0 Å². The lowest BCUT2D eigenvalue weighted by molar-refractivity contribution is -0.138. The molecule has 1 atom stereocenters. The van der Waals surface area contributed by atoms with Crippen molar-refractivity contribution in [2.75, 3.05) is 43.6 Å². The molecule has 198 valence electrons. The highest BCUT2D eigenvalue weighted by Gasteiger charge is 2.31. The van der Waals surface area contributed by atoms with E-state index in [4.69, 9.17) is 25.1 Å². The van der Waals surface area contributed by atoms with Gasteiger partial charge in [-0.2, -0.15) is 9.97 Å². The van der Waals surface area contributed by atoms with Gasteiger partial charge in [0, 0.05) is 25.3 Å². The van der Waals surface area contributed by atoms with E-state index in [1.165, 1.54) is 5.56 Å². The number of hydrogen-bond donors (Lipinski definition) is 2. The zero-order valence-corrected chi connectivity index (χ0v) is 20.9. The average Bonchev–Trinajstić information content (AvgIpc) is 3.34. The number of anilines is 2. The fourth-order valence-electron chi connectivity index (χ4n) is 5.52. The first-order valence-corrected chi connectivity index (χ1v) is 13.1. The first-order chi connectivity index (χ1) is 18.0. The van der Waals surface area contributed by atoms with Crippen molar-refractivity contribution in [2.45, 2.75) is 50.9 Å². The van der Waals surface area contributed by atoms with Crippen LogP contribution in [0.4, 0.5) is 11.5 Å². The Kier molecular flexibility index (Phi) is 7.73. The molecule has 1 aromatic carbocycles. The number of aromatic nitrogens is 2. The summed E-state index contributed by atoms with van der Waals surface area (Å²) in [5.74, 6) is 0.314. The standard InChI is InChI=1S/C27H34N4O6/c28-24-23-25(30-27(29-24)37-13-10-18-9-12-35-16-18)36-14-11-31(26(23)34)21-7-5-20(6-8-21)19-3-1-17(2-4-19)15-22(32)33/h5-8,17-19H,1-4,9-16H2,(H,32,33)(H2,28,29,30). The normalized spacial score (nSPS) is 23.7. The summed E-state index contributed by atoms with van der Waals surface area (Å²) in [6.45, 7) is 2.60. The molecule has 2 aliphatic heterocycles. The Labute approximate surface area is 216 Å². The third-order valence-corrected chi connectivity index (χ3v) is 7.66. The molecule has 0 radical (unpaired) electrons. The van der Waals surface area contributed by atoms with Crippen molar-refractivity contribution in [3.05, 3.63) is 35.4 Å². The summed E-state index contributed by atoms with van der Waals surface area (Å²) < 4.78 is 16.9. The van der Waals surface area contributed by atoms with Crippen molar-refractivity contribution in [3.63, 3.8) is 0 Å². The van der Waals surface area contributed by atoms with Gasteiger partial charge in [0.2, 0.25) is 5.88 Å². The third-order valence-electron chi connectivity index (χ3n) is 7.66. The quantitative estimate of drug-likeness (QED) is 0.545. The van der Waals surface area contributed by atoms with Crippen molar-refractivity contribution in [1.29, 1.82) is 0 Å².